The summed E-state index contributed by atoms with van der Waals surface area (Å²) in [5.41, 5.74) is -0.0966. The molecule has 0 aliphatic rings. The highest BCUT2D eigenvalue weighted by Gasteiger charge is 2.15. The molecule has 0 saturated carbocycles. The molecule has 3 N–H and O–H groups in total. The maximum atomic E-state index is 11.4. The summed E-state index contributed by atoms with van der Waals surface area (Å²) in [5, 5.41) is 13.7. The van der Waals surface area contributed by atoms with E-state index in [2.05, 4.69) is 10.6 Å². The van der Waals surface area contributed by atoms with E-state index in [1.54, 1.807) is 0 Å². The number of hydrogen-bond donors (Lipinski definition) is 3. The van der Waals surface area contributed by atoms with Gasteiger partial charge in [-0.25, -0.2) is 4.79 Å². The van der Waals surface area contributed by atoms with Gasteiger partial charge in [-0.05, 0) is 12.1 Å². The van der Waals surface area contributed by atoms with E-state index in [4.69, 9.17) is 16.7 Å². The largest absolute Gasteiger partial charge is 0.478 e. The molecule has 0 aliphatic carbocycles. The number of carbonyl (C=O) groups is 3. The second-order valence-electron chi connectivity index (χ2n) is 3.43. The van der Waals surface area contributed by atoms with E-state index >= 15 is 0 Å². The highest BCUT2D eigenvalue weighted by molar-refractivity contribution is 6.34. The molecular weight excluding hydrogens is 260 g/mol. The third kappa shape index (κ3) is 3.74. The minimum atomic E-state index is -1.24. The zero-order valence-electron chi connectivity index (χ0n) is 9.49. The minimum absolute atomic E-state index is 0.0276. The van der Waals surface area contributed by atoms with Gasteiger partial charge in [-0.3, -0.25) is 9.59 Å². The number of nitrogens with one attached hydrogen (secondary N) is 2. The van der Waals surface area contributed by atoms with Crippen LogP contribution in [-0.4, -0.2) is 29.4 Å². The standard InChI is InChI=1S/C11H11ClN2O4/c1-6(15)13-5-9(16)14-8-4-2-3-7(12)10(8)11(17)18/h2-4H,5H2,1H3,(H,13,15)(H,14,16)(H,17,18). The second-order valence-corrected chi connectivity index (χ2v) is 3.83. The van der Waals surface area contributed by atoms with E-state index in [0.717, 1.165) is 0 Å². The maximum Gasteiger partial charge on any atom is 0.339 e. The van der Waals surface area contributed by atoms with Gasteiger partial charge < -0.3 is 15.7 Å². The zero-order chi connectivity index (χ0) is 13.7. The predicted molar refractivity (Wildman–Crippen MR) is 65.7 cm³/mol. The van der Waals surface area contributed by atoms with Gasteiger partial charge >= 0.3 is 5.97 Å². The third-order valence-corrected chi connectivity index (χ3v) is 2.31. The molecule has 18 heavy (non-hydrogen) atoms. The van der Waals surface area contributed by atoms with Crippen LogP contribution in [0.5, 0.6) is 0 Å². The lowest BCUT2D eigenvalue weighted by molar-refractivity contribution is -0.122. The summed E-state index contributed by atoms with van der Waals surface area (Å²) >= 11 is 5.73. The number of hydrogen-bond acceptors (Lipinski definition) is 3. The molecule has 1 aromatic carbocycles. The number of anilines is 1. The summed E-state index contributed by atoms with van der Waals surface area (Å²) in [7, 11) is 0. The number of benzene rings is 1. The second kappa shape index (κ2) is 6.02. The van der Waals surface area contributed by atoms with Crippen LogP contribution < -0.4 is 10.6 Å². The zero-order valence-corrected chi connectivity index (χ0v) is 10.2. The first-order chi connectivity index (χ1) is 8.41. The van der Waals surface area contributed by atoms with Crippen LogP contribution in [0.25, 0.3) is 0 Å². The quantitative estimate of drug-likeness (QED) is 0.764. The van der Waals surface area contributed by atoms with Crippen LogP contribution in [0.2, 0.25) is 5.02 Å². The predicted octanol–water partition coefficient (Wildman–Crippen LogP) is 1.11. The van der Waals surface area contributed by atoms with Gasteiger partial charge in [0.05, 0.1) is 17.3 Å². The Bertz CT molecular complexity index is 502. The molecule has 0 aromatic heterocycles. The summed E-state index contributed by atoms with van der Waals surface area (Å²) in [4.78, 5) is 33.0. The number of amides is 2. The summed E-state index contributed by atoms with van der Waals surface area (Å²) in [6, 6.07) is 4.35. The van der Waals surface area contributed by atoms with Crippen LogP contribution in [0.3, 0.4) is 0 Å². The number of aromatic carboxylic acids is 1. The van der Waals surface area contributed by atoms with Crippen molar-refractivity contribution < 1.29 is 19.5 Å². The Morgan fingerprint density at radius 1 is 1.33 bits per heavy atom. The smallest absolute Gasteiger partial charge is 0.339 e. The molecule has 6 nitrogen and oxygen atoms in total. The Kier molecular flexibility index (Phi) is 4.67. The fraction of sp³-hybridized carbons (Fsp3) is 0.182. The first-order valence-corrected chi connectivity index (χ1v) is 5.35. The van der Waals surface area contributed by atoms with Gasteiger partial charge in [0.2, 0.25) is 11.8 Å². The first-order valence-electron chi connectivity index (χ1n) is 4.98. The maximum absolute atomic E-state index is 11.4. The van der Waals surface area contributed by atoms with E-state index in [1.807, 2.05) is 0 Å². The Hall–Kier alpha value is -2.08. The topological polar surface area (TPSA) is 95.5 Å². The van der Waals surface area contributed by atoms with Crippen LogP contribution in [0.1, 0.15) is 17.3 Å². The number of halogens is 1. The molecule has 0 heterocycles. The van der Waals surface area contributed by atoms with Crippen LogP contribution in [-0.2, 0) is 9.59 Å². The van der Waals surface area contributed by atoms with Crippen LogP contribution in [0.15, 0.2) is 18.2 Å². The van der Waals surface area contributed by atoms with Crippen LogP contribution in [0, 0.1) is 0 Å². The normalized spacial score (nSPS) is 9.67. The molecule has 1 rings (SSSR count). The van der Waals surface area contributed by atoms with Gasteiger partial charge in [-0.2, -0.15) is 0 Å². The molecule has 1 aromatic rings. The van der Waals surface area contributed by atoms with Crippen molar-refractivity contribution in [3.63, 3.8) is 0 Å². The molecule has 0 aliphatic heterocycles. The van der Waals surface area contributed by atoms with Gasteiger partial charge in [0.25, 0.3) is 0 Å². The minimum Gasteiger partial charge on any atom is -0.478 e. The van der Waals surface area contributed by atoms with Crippen molar-refractivity contribution in [1.29, 1.82) is 0 Å². The summed E-state index contributed by atoms with van der Waals surface area (Å²) in [6.07, 6.45) is 0. The molecule has 0 atom stereocenters. The van der Waals surface area contributed by atoms with Crippen molar-refractivity contribution in [3.05, 3.63) is 28.8 Å². The summed E-state index contributed by atoms with van der Waals surface area (Å²) < 4.78 is 0. The van der Waals surface area contributed by atoms with Crippen molar-refractivity contribution in [1.82, 2.24) is 5.32 Å². The van der Waals surface area contributed by atoms with Crippen LogP contribution in [0.4, 0.5) is 5.69 Å². The van der Waals surface area contributed by atoms with Crippen molar-refractivity contribution >= 4 is 35.1 Å². The number of carboxylic acid groups (broad SMARTS) is 1. The molecule has 0 fully saturated rings. The van der Waals surface area contributed by atoms with E-state index in [0.29, 0.717) is 0 Å². The highest BCUT2D eigenvalue weighted by atomic mass is 35.5. The lowest BCUT2D eigenvalue weighted by atomic mass is 10.2. The first kappa shape index (κ1) is 14.0. The fourth-order valence-electron chi connectivity index (χ4n) is 1.24. The molecule has 0 bridgehead atoms. The Morgan fingerprint density at radius 2 is 2.00 bits per heavy atom. The van der Waals surface area contributed by atoms with E-state index in [9.17, 15) is 14.4 Å². The number of carbonyl (C=O) groups excluding carboxylic acids is 2. The SMILES string of the molecule is CC(=O)NCC(=O)Nc1cccc(Cl)c1C(=O)O. The van der Waals surface area contributed by atoms with Gasteiger partial charge in [-0.15, -0.1) is 0 Å². The Labute approximate surface area is 108 Å². The molecule has 0 saturated heterocycles. The third-order valence-electron chi connectivity index (χ3n) is 2.00. The van der Waals surface area contributed by atoms with E-state index < -0.39 is 11.9 Å². The number of carboxylic acids is 1. The lowest BCUT2D eigenvalue weighted by Crippen LogP contribution is -2.31. The monoisotopic (exact) mass is 270 g/mol. The molecule has 96 valence electrons. The molecule has 0 spiro atoms. The van der Waals surface area contributed by atoms with Gasteiger partial charge in [0.15, 0.2) is 0 Å². The Balaban J connectivity index is 2.84. The molecule has 0 unspecified atom stereocenters. The van der Waals surface area contributed by atoms with E-state index in [-0.39, 0.29) is 28.7 Å². The lowest BCUT2D eigenvalue weighted by Gasteiger charge is -2.09. The van der Waals surface area contributed by atoms with Gasteiger partial charge in [-0.1, -0.05) is 17.7 Å². The highest BCUT2D eigenvalue weighted by Crippen LogP contribution is 2.24. The van der Waals surface area contributed by atoms with Crippen molar-refractivity contribution in [2.45, 2.75) is 6.92 Å². The van der Waals surface area contributed by atoms with E-state index in [1.165, 1.54) is 25.1 Å². The molecular formula is C11H11ClN2O4. The molecule has 2 amide bonds. The average molecular weight is 271 g/mol. The summed E-state index contributed by atoms with van der Waals surface area (Å²) in [5.74, 6) is -2.12. The van der Waals surface area contributed by atoms with Crippen molar-refractivity contribution in [2.24, 2.45) is 0 Å². The van der Waals surface area contributed by atoms with Crippen LogP contribution >= 0.6 is 11.6 Å². The fourth-order valence-corrected chi connectivity index (χ4v) is 1.50. The average Bonchev–Trinajstić information content (AvgIpc) is 2.26. The van der Waals surface area contributed by atoms with Gasteiger partial charge in [0.1, 0.15) is 5.56 Å². The molecule has 7 heteroatoms. The van der Waals surface area contributed by atoms with Crippen molar-refractivity contribution in [3.8, 4) is 0 Å². The van der Waals surface area contributed by atoms with Crippen molar-refractivity contribution in [2.75, 3.05) is 11.9 Å². The van der Waals surface area contributed by atoms with Gasteiger partial charge in [0, 0.05) is 6.92 Å². The molecule has 0 radical (unpaired) electrons. The number of rotatable bonds is 4. The Morgan fingerprint density at radius 3 is 2.56 bits per heavy atom. The summed E-state index contributed by atoms with van der Waals surface area (Å²) in [6.45, 7) is 1.04.